The lowest BCUT2D eigenvalue weighted by atomic mass is 9.70. The van der Waals surface area contributed by atoms with Gasteiger partial charge in [0, 0.05) is 22.7 Å². The molecular formula is C56H57N. The lowest BCUT2D eigenvalue weighted by Gasteiger charge is -2.33. The van der Waals surface area contributed by atoms with Crippen molar-refractivity contribution in [1.29, 1.82) is 0 Å². The minimum atomic E-state index is 0.0806. The molecule has 57 heavy (non-hydrogen) atoms. The molecule has 6 aromatic carbocycles. The number of aryl methyl sites for hydroxylation is 2. The molecule has 0 radical (unpaired) electrons. The molecule has 0 unspecified atom stereocenters. The third-order valence-electron chi connectivity index (χ3n) is 12.4. The fourth-order valence-corrected chi connectivity index (χ4v) is 9.29. The Morgan fingerprint density at radius 1 is 0.386 bits per heavy atom. The normalized spacial score (nSPS) is 12.7. The van der Waals surface area contributed by atoms with E-state index in [2.05, 4.69) is 178 Å². The third-order valence-corrected chi connectivity index (χ3v) is 12.4. The molecular weight excluding hydrogens is 687 g/mol. The van der Waals surface area contributed by atoms with Gasteiger partial charge in [0.2, 0.25) is 0 Å². The molecule has 1 heterocycles. The number of aromatic nitrogens is 1. The second-order valence-electron chi connectivity index (χ2n) is 16.3. The predicted molar refractivity (Wildman–Crippen MR) is 244 cm³/mol. The maximum absolute atomic E-state index is 5.08. The van der Waals surface area contributed by atoms with Gasteiger partial charge in [-0.1, -0.05) is 186 Å². The second kappa shape index (κ2) is 18.2. The summed E-state index contributed by atoms with van der Waals surface area (Å²) in [4.78, 5) is 5.08. The van der Waals surface area contributed by atoms with Gasteiger partial charge in [0.15, 0.2) is 0 Å². The Hall–Kier alpha value is -5.53. The molecule has 0 aliphatic heterocycles. The summed E-state index contributed by atoms with van der Waals surface area (Å²) in [6, 6.07) is 58.7. The van der Waals surface area contributed by atoms with Crippen molar-refractivity contribution in [2.45, 2.75) is 96.3 Å². The molecule has 0 saturated heterocycles. The second-order valence-corrected chi connectivity index (χ2v) is 16.3. The molecule has 286 valence electrons. The van der Waals surface area contributed by atoms with Crippen LogP contribution in [-0.4, -0.2) is 4.98 Å². The Morgan fingerprint density at radius 2 is 0.930 bits per heavy atom. The zero-order valence-corrected chi connectivity index (χ0v) is 34.0. The van der Waals surface area contributed by atoms with Crippen LogP contribution in [0.3, 0.4) is 0 Å². The summed E-state index contributed by atoms with van der Waals surface area (Å²) in [5.41, 5.74) is 18.4. The number of nitrogens with zero attached hydrogens (tertiary/aromatic N) is 1. The van der Waals surface area contributed by atoms with E-state index in [0.29, 0.717) is 0 Å². The van der Waals surface area contributed by atoms with Gasteiger partial charge in [0.1, 0.15) is 0 Å². The minimum Gasteiger partial charge on any atom is -0.256 e. The quantitative estimate of drug-likeness (QED) is 0.0847. The number of hydrogen-bond donors (Lipinski definition) is 0. The summed E-state index contributed by atoms with van der Waals surface area (Å²) < 4.78 is 0. The first-order chi connectivity index (χ1) is 28.1. The van der Waals surface area contributed by atoms with Gasteiger partial charge in [-0.15, -0.1) is 0 Å². The topological polar surface area (TPSA) is 12.9 Å². The Morgan fingerprint density at radius 3 is 1.58 bits per heavy atom. The van der Waals surface area contributed by atoms with E-state index in [-0.39, 0.29) is 5.41 Å². The SMILES string of the molecule is CCCCC1(CCCC)c2ccccc2-c2ccc(-c3ccc(-c4cccc(-c5cccc(-c6cccc(CCCCCCc7ccccc7)c6)c5)c4)cn3)cc21. The number of fused-ring (bicyclic) bond motifs is 3. The fraction of sp³-hybridized carbons (Fsp3) is 0.268. The van der Waals surface area contributed by atoms with Crippen LogP contribution in [0.5, 0.6) is 0 Å². The molecule has 1 aliphatic carbocycles. The van der Waals surface area contributed by atoms with Gasteiger partial charge >= 0.3 is 0 Å². The largest absolute Gasteiger partial charge is 0.256 e. The molecule has 1 nitrogen and oxygen atoms in total. The van der Waals surface area contributed by atoms with Gasteiger partial charge in [-0.3, -0.25) is 4.98 Å². The van der Waals surface area contributed by atoms with Crippen LogP contribution < -0.4 is 0 Å². The molecule has 0 fully saturated rings. The highest BCUT2D eigenvalue weighted by atomic mass is 14.7. The first-order valence-corrected chi connectivity index (χ1v) is 21.7. The highest BCUT2D eigenvalue weighted by molar-refractivity contribution is 5.84. The number of benzene rings is 6. The van der Waals surface area contributed by atoms with Crippen LogP contribution in [-0.2, 0) is 18.3 Å². The van der Waals surface area contributed by atoms with Crippen molar-refractivity contribution in [2.24, 2.45) is 0 Å². The van der Waals surface area contributed by atoms with Gasteiger partial charge < -0.3 is 0 Å². The van der Waals surface area contributed by atoms with Crippen LogP contribution in [0.25, 0.3) is 55.8 Å². The third kappa shape index (κ3) is 8.59. The van der Waals surface area contributed by atoms with Crippen molar-refractivity contribution >= 4 is 0 Å². The summed E-state index contributed by atoms with van der Waals surface area (Å²) in [6.07, 6.45) is 16.8. The Kier molecular flexibility index (Phi) is 12.2. The minimum absolute atomic E-state index is 0.0806. The predicted octanol–water partition coefficient (Wildman–Crippen LogP) is 15.7. The molecule has 1 aromatic heterocycles. The van der Waals surface area contributed by atoms with E-state index in [9.17, 15) is 0 Å². The number of hydrogen-bond acceptors (Lipinski definition) is 1. The standard InChI is InChI=1S/C56H57N/c1-3-5-35-56(36-6-4-2)53-30-15-14-29-51(53)52-33-31-49(40-54(52)56)55-34-32-50(41-57-55)48-28-18-27-47(39-48)46-26-17-25-45(38-46)44-24-16-23-43(37-44)22-11-8-7-10-19-42-20-12-9-13-21-42/h9,12-18,20-21,23-34,37-41H,3-8,10-11,19,22,35-36H2,1-2H3. The first kappa shape index (κ1) is 38.3. The van der Waals surface area contributed by atoms with E-state index in [1.165, 1.54) is 137 Å². The molecule has 1 heteroatoms. The Bertz CT molecular complexity index is 2380. The van der Waals surface area contributed by atoms with E-state index in [4.69, 9.17) is 4.98 Å². The molecule has 0 bridgehead atoms. The Labute approximate surface area is 341 Å². The average Bonchev–Trinajstić information content (AvgIpc) is 3.55. The van der Waals surface area contributed by atoms with Crippen molar-refractivity contribution in [3.63, 3.8) is 0 Å². The van der Waals surface area contributed by atoms with E-state index >= 15 is 0 Å². The van der Waals surface area contributed by atoms with Gasteiger partial charge in [0.25, 0.3) is 0 Å². The van der Waals surface area contributed by atoms with Gasteiger partial charge in [0.05, 0.1) is 5.69 Å². The molecule has 0 saturated carbocycles. The van der Waals surface area contributed by atoms with Crippen LogP contribution in [0.15, 0.2) is 164 Å². The number of pyridine rings is 1. The van der Waals surface area contributed by atoms with Gasteiger partial charge in [-0.2, -0.15) is 0 Å². The maximum atomic E-state index is 5.08. The van der Waals surface area contributed by atoms with Crippen LogP contribution in [0, 0.1) is 0 Å². The zero-order chi connectivity index (χ0) is 38.9. The summed E-state index contributed by atoms with van der Waals surface area (Å²) in [5, 5.41) is 0. The van der Waals surface area contributed by atoms with Crippen molar-refractivity contribution in [2.75, 3.05) is 0 Å². The van der Waals surface area contributed by atoms with Crippen LogP contribution in [0.4, 0.5) is 0 Å². The fourth-order valence-electron chi connectivity index (χ4n) is 9.29. The summed E-state index contributed by atoms with van der Waals surface area (Å²) >= 11 is 0. The molecule has 0 spiro atoms. The lowest BCUT2D eigenvalue weighted by Crippen LogP contribution is -2.25. The summed E-state index contributed by atoms with van der Waals surface area (Å²) in [5.74, 6) is 0. The highest BCUT2D eigenvalue weighted by Gasteiger charge is 2.42. The van der Waals surface area contributed by atoms with E-state index in [1.807, 2.05) is 0 Å². The summed E-state index contributed by atoms with van der Waals surface area (Å²) in [6.45, 7) is 4.64. The molecule has 1 aliphatic rings. The van der Waals surface area contributed by atoms with Crippen LogP contribution >= 0.6 is 0 Å². The molecule has 0 amide bonds. The van der Waals surface area contributed by atoms with E-state index in [1.54, 1.807) is 0 Å². The maximum Gasteiger partial charge on any atom is 0.0702 e. The Balaban J connectivity index is 0.965. The molecule has 8 rings (SSSR count). The molecule has 0 N–H and O–H groups in total. The van der Waals surface area contributed by atoms with Crippen LogP contribution in [0.1, 0.15) is 100 Å². The first-order valence-electron chi connectivity index (χ1n) is 21.7. The number of rotatable bonds is 17. The number of unbranched alkanes of at least 4 members (excludes halogenated alkanes) is 5. The highest BCUT2D eigenvalue weighted by Crippen LogP contribution is 2.54. The summed E-state index contributed by atoms with van der Waals surface area (Å²) in [7, 11) is 0. The van der Waals surface area contributed by atoms with Crippen LogP contribution in [0.2, 0.25) is 0 Å². The van der Waals surface area contributed by atoms with E-state index in [0.717, 1.165) is 17.7 Å². The van der Waals surface area contributed by atoms with Crippen molar-refractivity contribution < 1.29 is 0 Å². The van der Waals surface area contributed by atoms with E-state index < -0.39 is 0 Å². The average molecular weight is 744 g/mol. The van der Waals surface area contributed by atoms with Crippen molar-refractivity contribution in [3.8, 4) is 55.8 Å². The van der Waals surface area contributed by atoms with Gasteiger partial charge in [-0.05, 0) is 124 Å². The van der Waals surface area contributed by atoms with Crippen molar-refractivity contribution in [3.05, 3.63) is 186 Å². The van der Waals surface area contributed by atoms with Crippen molar-refractivity contribution in [1.82, 2.24) is 4.98 Å². The monoisotopic (exact) mass is 743 g/mol. The zero-order valence-electron chi connectivity index (χ0n) is 34.0. The molecule has 7 aromatic rings. The molecule has 0 atom stereocenters. The smallest absolute Gasteiger partial charge is 0.0702 e. The van der Waals surface area contributed by atoms with Gasteiger partial charge in [-0.25, -0.2) is 0 Å². The lowest BCUT2D eigenvalue weighted by molar-refractivity contribution is 0.414.